The lowest BCUT2D eigenvalue weighted by Gasteiger charge is -2.41. The number of halogens is 3. The lowest BCUT2D eigenvalue weighted by Crippen LogP contribution is -2.52. The van der Waals surface area contributed by atoms with Crippen LogP contribution in [0, 0.1) is 0 Å². The number of carbonyl (C=O) groups is 1. The summed E-state index contributed by atoms with van der Waals surface area (Å²) in [4.78, 5) is 12.5. The van der Waals surface area contributed by atoms with Gasteiger partial charge in [0.15, 0.2) is 0 Å². The SMILES string of the molecule is C[C@@H](CN)NC(=O)C1(c2ccc(Cl)c(Cl)c2)CCC1.Cl. The van der Waals surface area contributed by atoms with E-state index in [4.69, 9.17) is 28.9 Å². The van der Waals surface area contributed by atoms with Crippen LogP contribution in [0.3, 0.4) is 0 Å². The third-order valence-electron chi connectivity index (χ3n) is 3.84. The maximum absolute atomic E-state index is 12.5. The van der Waals surface area contributed by atoms with Crippen LogP contribution in [0.1, 0.15) is 31.7 Å². The van der Waals surface area contributed by atoms with E-state index in [0.717, 1.165) is 24.8 Å². The van der Waals surface area contributed by atoms with E-state index in [1.807, 2.05) is 13.0 Å². The lowest BCUT2D eigenvalue weighted by atomic mass is 9.63. The van der Waals surface area contributed by atoms with E-state index in [1.165, 1.54) is 0 Å². The summed E-state index contributed by atoms with van der Waals surface area (Å²) in [5.41, 5.74) is 6.03. The Kier molecular flexibility index (Phi) is 6.14. The molecule has 3 nitrogen and oxygen atoms in total. The van der Waals surface area contributed by atoms with E-state index < -0.39 is 5.41 Å². The van der Waals surface area contributed by atoms with Crippen LogP contribution in [-0.4, -0.2) is 18.5 Å². The van der Waals surface area contributed by atoms with Crippen LogP contribution in [-0.2, 0) is 10.2 Å². The molecule has 0 aromatic heterocycles. The van der Waals surface area contributed by atoms with E-state index in [0.29, 0.717) is 16.6 Å². The number of amides is 1. The molecule has 1 aliphatic carbocycles. The largest absolute Gasteiger partial charge is 0.352 e. The molecule has 2 rings (SSSR count). The van der Waals surface area contributed by atoms with Crippen molar-refractivity contribution in [2.75, 3.05) is 6.54 Å². The average Bonchev–Trinajstić information content (AvgIpc) is 2.32. The van der Waals surface area contributed by atoms with Crippen molar-refractivity contribution in [3.8, 4) is 0 Å². The Labute approximate surface area is 135 Å². The molecule has 1 aliphatic rings. The predicted octanol–water partition coefficient (Wildman–Crippen LogP) is 3.30. The molecule has 0 unspecified atom stereocenters. The van der Waals surface area contributed by atoms with Crippen LogP contribution in [0.25, 0.3) is 0 Å². The van der Waals surface area contributed by atoms with Crippen molar-refractivity contribution in [3.05, 3.63) is 33.8 Å². The first kappa shape index (κ1) is 17.6. The summed E-state index contributed by atoms with van der Waals surface area (Å²) < 4.78 is 0. The van der Waals surface area contributed by atoms with Crippen LogP contribution in [0.2, 0.25) is 10.0 Å². The van der Waals surface area contributed by atoms with Gasteiger partial charge in [0.2, 0.25) is 5.91 Å². The topological polar surface area (TPSA) is 55.1 Å². The molecule has 3 N–H and O–H groups in total. The van der Waals surface area contributed by atoms with Gasteiger partial charge < -0.3 is 11.1 Å². The molecule has 0 spiro atoms. The van der Waals surface area contributed by atoms with Gasteiger partial charge in [-0.3, -0.25) is 4.79 Å². The second-order valence-electron chi connectivity index (χ2n) is 5.17. The molecule has 1 atom stereocenters. The van der Waals surface area contributed by atoms with E-state index in [9.17, 15) is 4.79 Å². The Balaban J connectivity index is 0.00000200. The van der Waals surface area contributed by atoms with Crippen molar-refractivity contribution in [1.29, 1.82) is 0 Å². The highest BCUT2D eigenvalue weighted by Gasteiger charge is 2.45. The van der Waals surface area contributed by atoms with Gasteiger partial charge in [0.25, 0.3) is 0 Å². The number of hydrogen-bond acceptors (Lipinski definition) is 2. The zero-order valence-corrected chi connectivity index (χ0v) is 13.6. The van der Waals surface area contributed by atoms with Crippen LogP contribution >= 0.6 is 35.6 Å². The highest BCUT2D eigenvalue weighted by atomic mass is 35.5. The lowest BCUT2D eigenvalue weighted by molar-refractivity contribution is -0.130. The van der Waals surface area contributed by atoms with Gasteiger partial charge in [0, 0.05) is 12.6 Å². The molecule has 0 bridgehead atoms. The smallest absolute Gasteiger partial charge is 0.230 e. The normalized spacial score (nSPS) is 17.6. The van der Waals surface area contributed by atoms with Gasteiger partial charge >= 0.3 is 0 Å². The summed E-state index contributed by atoms with van der Waals surface area (Å²) in [5.74, 6) is 0.0371. The Morgan fingerprint density at radius 1 is 1.40 bits per heavy atom. The van der Waals surface area contributed by atoms with Gasteiger partial charge in [0.1, 0.15) is 0 Å². The molecule has 0 heterocycles. The van der Waals surface area contributed by atoms with Gasteiger partial charge in [-0.25, -0.2) is 0 Å². The van der Waals surface area contributed by atoms with Crippen LogP contribution in [0.5, 0.6) is 0 Å². The Morgan fingerprint density at radius 3 is 2.50 bits per heavy atom. The highest BCUT2D eigenvalue weighted by Crippen LogP contribution is 2.45. The Bertz CT molecular complexity index is 489. The summed E-state index contributed by atoms with van der Waals surface area (Å²) in [6.07, 6.45) is 2.73. The summed E-state index contributed by atoms with van der Waals surface area (Å²) in [6.45, 7) is 2.34. The summed E-state index contributed by atoms with van der Waals surface area (Å²) in [6, 6.07) is 5.42. The fourth-order valence-corrected chi connectivity index (χ4v) is 2.69. The van der Waals surface area contributed by atoms with Crippen LogP contribution in [0.4, 0.5) is 0 Å². The molecule has 1 fully saturated rings. The maximum Gasteiger partial charge on any atom is 0.230 e. The van der Waals surface area contributed by atoms with Crippen molar-refractivity contribution >= 4 is 41.5 Å². The molecule has 1 saturated carbocycles. The number of rotatable bonds is 4. The minimum absolute atomic E-state index is 0. The molecular formula is C14H19Cl3N2O. The van der Waals surface area contributed by atoms with Crippen LogP contribution < -0.4 is 11.1 Å². The number of carbonyl (C=O) groups excluding carboxylic acids is 1. The summed E-state index contributed by atoms with van der Waals surface area (Å²) in [5, 5.41) is 3.97. The summed E-state index contributed by atoms with van der Waals surface area (Å²) in [7, 11) is 0. The first-order chi connectivity index (χ1) is 8.99. The Hall–Kier alpha value is -0.480. The molecule has 1 amide bonds. The zero-order valence-electron chi connectivity index (χ0n) is 11.3. The zero-order chi connectivity index (χ0) is 14.0. The van der Waals surface area contributed by atoms with Gasteiger partial charge in [-0.15, -0.1) is 12.4 Å². The molecular weight excluding hydrogens is 319 g/mol. The van der Waals surface area contributed by atoms with Gasteiger partial charge in [-0.1, -0.05) is 35.7 Å². The van der Waals surface area contributed by atoms with E-state index >= 15 is 0 Å². The van der Waals surface area contributed by atoms with Crippen molar-refractivity contribution in [2.45, 2.75) is 37.6 Å². The van der Waals surface area contributed by atoms with Crippen LogP contribution in [0.15, 0.2) is 18.2 Å². The molecule has 112 valence electrons. The van der Waals surface area contributed by atoms with Crippen molar-refractivity contribution in [1.82, 2.24) is 5.32 Å². The number of nitrogens with one attached hydrogen (secondary N) is 1. The fraction of sp³-hybridized carbons (Fsp3) is 0.500. The first-order valence-electron chi connectivity index (χ1n) is 6.46. The second kappa shape index (κ2) is 6.99. The highest BCUT2D eigenvalue weighted by molar-refractivity contribution is 6.42. The third-order valence-corrected chi connectivity index (χ3v) is 4.58. The molecule has 0 saturated heterocycles. The first-order valence-corrected chi connectivity index (χ1v) is 7.22. The predicted molar refractivity (Wildman–Crippen MR) is 85.9 cm³/mol. The number of benzene rings is 1. The number of hydrogen-bond donors (Lipinski definition) is 2. The van der Waals surface area contributed by atoms with Gasteiger partial charge in [-0.2, -0.15) is 0 Å². The fourth-order valence-electron chi connectivity index (χ4n) is 2.39. The molecule has 1 aromatic carbocycles. The standard InChI is InChI=1S/C14H18Cl2N2O.ClH/c1-9(8-17)18-13(19)14(5-2-6-14)10-3-4-11(15)12(16)7-10;/h3-4,7,9H,2,5-6,8,17H2,1H3,(H,18,19);1H/t9-;/m0./s1. The quantitative estimate of drug-likeness (QED) is 0.885. The molecule has 0 aliphatic heterocycles. The van der Waals surface area contributed by atoms with Crippen molar-refractivity contribution in [3.63, 3.8) is 0 Å². The monoisotopic (exact) mass is 336 g/mol. The third kappa shape index (κ3) is 3.22. The van der Waals surface area contributed by atoms with Gasteiger partial charge in [-0.05, 0) is 37.5 Å². The van der Waals surface area contributed by atoms with Crippen molar-refractivity contribution in [2.24, 2.45) is 5.73 Å². The van der Waals surface area contributed by atoms with Gasteiger partial charge in [0.05, 0.1) is 15.5 Å². The molecule has 20 heavy (non-hydrogen) atoms. The molecule has 1 aromatic rings. The maximum atomic E-state index is 12.5. The average molecular weight is 338 g/mol. The van der Waals surface area contributed by atoms with Crippen molar-refractivity contribution < 1.29 is 4.79 Å². The van der Waals surface area contributed by atoms with E-state index in [-0.39, 0.29) is 24.4 Å². The van der Waals surface area contributed by atoms with E-state index in [2.05, 4.69) is 5.32 Å². The molecule has 0 radical (unpaired) electrons. The minimum atomic E-state index is -0.461. The number of nitrogens with two attached hydrogens (primary N) is 1. The second-order valence-corrected chi connectivity index (χ2v) is 5.99. The van der Waals surface area contributed by atoms with E-state index in [1.54, 1.807) is 12.1 Å². The Morgan fingerprint density at radius 2 is 2.05 bits per heavy atom. The molecule has 6 heteroatoms. The summed E-state index contributed by atoms with van der Waals surface area (Å²) >= 11 is 12.0. The minimum Gasteiger partial charge on any atom is -0.352 e.